The largest absolute Gasteiger partial charge is 0.359 e. The topological polar surface area (TPSA) is 15.8 Å². The summed E-state index contributed by atoms with van der Waals surface area (Å²) in [6, 6.07) is 10.8. The van der Waals surface area contributed by atoms with Crippen LogP contribution in [0.15, 0.2) is 42.6 Å². The third kappa shape index (κ3) is 1.11. The van der Waals surface area contributed by atoms with Crippen LogP contribution in [0.1, 0.15) is 0 Å². The van der Waals surface area contributed by atoms with E-state index >= 15 is 0 Å². The first-order chi connectivity index (χ1) is 5.88. The van der Waals surface area contributed by atoms with Gasteiger partial charge in [-0.3, -0.25) is 0 Å². The Kier molecular flexibility index (Phi) is 1.67. The van der Waals surface area contributed by atoms with Gasteiger partial charge in [0, 0.05) is 11.8 Å². The van der Waals surface area contributed by atoms with Gasteiger partial charge in [0.1, 0.15) is 5.82 Å². The van der Waals surface area contributed by atoms with E-state index in [0.29, 0.717) is 5.69 Å². The summed E-state index contributed by atoms with van der Waals surface area (Å²) in [6.07, 6.45) is 1.59. The highest BCUT2D eigenvalue weighted by Gasteiger charge is 2.03. The van der Waals surface area contributed by atoms with E-state index in [9.17, 15) is 4.39 Å². The second kappa shape index (κ2) is 2.81. The number of hydrogen-bond donors (Lipinski definition) is 1. The van der Waals surface area contributed by atoms with Crippen molar-refractivity contribution >= 4 is 0 Å². The first-order valence-electron chi connectivity index (χ1n) is 3.76. The van der Waals surface area contributed by atoms with Gasteiger partial charge in [0.2, 0.25) is 0 Å². The first-order valence-corrected chi connectivity index (χ1v) is 3.76. The van der Waals surface area contributed by atoms with E-state index in [4.69, 9.17) is 0 Å². The van der Waals surface area contributed by atoms with Crippen LogP contribution in [0.4, 0.5) is 4.39 Å². The fourth-order valence-corrected chi connectivity index (χ4v) is 1.18. The highest BCUT2D eigenvalue weighted by Crippen LogP contribution is 2.19. The van der Waals surface area contributed by atoms with Crippen LogP contribution in [-0.2, 0) is 0 Å². The molecule has 0 aliphatic rings. The van der Waals surface area contributed by atoms with E-state index in [1.165, 1.54) is 6.07 Å². The molecule has 0 saturated heterocycles. The summed E-state index contributed by atoms with van der Waals surface area (Å²) in [5, 5.41) is 0. The van der Waals surface area contributed by atoms with Crippen molar-refractivity contribution in [2.75, 3.05) is 0 Å². The highest BCUT2D eigenvalue weighted by molar-refractivity contribution is 5.59. The Morgan fingerprint density at radius 1 is 1.00 bits per heavy atom. The molecule has 1 heterocycles. The van der Waals surface area contributed by atoms with Crippen LogP contribution in [0.2, 0.25) is 0 Å². The SMILES string of the molecule is Fc1cc[nH]c1-c1ccccc1. The zero-order chi connectivity index (χ0) is 8.39. The van der Waals surface area contributed by atoms with Crippen LogP contribution in [-0.4, -0.2) is 4.98 Å². The van der Waals surface area contributed by atoms with E-state index in [-0.39, 0.29) is 5.82 Å². The molecule has 0 saturated carbocycles. The van der Waals surface area contributed by atoms with Gasteiger partial charge in [-0.15, -0.1) is 0 Å². The molecule has 1 aromatic carbocycles. The van der Waals surface area contributed by atoms with Gasteiger partial charge < -0.3 is 4.98 Å². The Hall–Kier alpha value is -1.57. The van der Waals surface area contributed by atoms with Gasteiger partial charge in [0.25, 0.3) is 0 Å². The molecule has 0 atom stereocenters. The number of halogens is 1. The number of H-pyrrole nitrogens is 1. The summed E-state index contributed by atoms with van der Waals surface area (Å²) in [5.74, 6) is -0.207. The molecule has 1 aromatic heterocycles. The van der Waals surface area contributed by atoms with Crippen molar-refractivity contribution in [1.29, 1.82) is 0 Å². The molecule has 0 bridgehead atoms. The Bertz CT molecular complexity index is 364. The molecule has 0 unspecified atom stereocenters. The molecule has 0 fully saturated rings. The average Bonchev–Trinajstić information content (AvgIpc) is 2.53. The maximum absolute atomic E-state index is 13.0. The Labute approximate surface area is 69.9 Å². The van der Waals surface area contributed by atoms with Crippen molar-refractivity contribution in [2.45, 2.75) is 0 Å². The lowest BCUT2D eigenvalue weighted by molar-refractivity contribution is 0.633. The van der Waals surface area contributed by atoms with Gasteiger partial charge in [-0.25, -0.2) is 4.39 Å². The molecule has 0 radical (unpaired) electrons. The van der Waals surface area contributed by atoms with E-state index in [1.807, 2.05) is 30.3 Å². The number of aromatic amines is 1. The molecule has 12 heavy (non-hydrogen) atoms. The van der Waals surface area contributed by atoms with Gasteiger partial charge in [0.05, 0.1) is 5.69 Å². The maximum atomic E-state index is 13.0. The van der Waals surface area contributed by atoms with Gasteiger partial charge >= 0.3 is 0 Å². The van der Waals surface area contributed by atoms with Crippen LogP contribution in [0, 0.1) is 5.82 Å². The lowest BCUT2D eigenvalue weighted by atomic mass is 10.1. The zero-order valence-electron chi connectivity index (χ0n) is 6.42. The summed E-state index contributed by atoms with van der Waals surface area (Å²) in [4.78, 5) is 2.85. The molecule has 2 aromatic rings. The minimum absolute atomic E-state index is 0.207. The number of benzene rings is 1. The van der Waals surface area contributed by atoms with E-state index in [0.717, 1.165) is 5.56 Å². The zero-order valence-corrected chi connectivity index (χ0v) is 6.42. The summed E-state index contributed by atoms with van der Waals surface area (Å²) >= 11 is 0. The lowest BCUT2D eigenvalue weighted by Gasteiger charge is -1.96. The normalized spacial score (nSPS) is 10.1. The quantitative estimate of drug-likeness (QED) is 0.662. The Morgan fingerprint density at radius 2 is 1.75 bits per heavy atom. The van der Waals surface area contributed by atoms with Gasteiger partial charge in [-0.2, -0.15) is 0 Å². The predicted molar refractivity (Wildman–Crippen MR) is 46.2 cm³/mol. The molecule has 1 N–H and O–H groups in total. The molecule has 0 amide bonds. The van der Waals surface area contributed by atoms with Crippen molar-refractivity contribution in [2.24, 2.45) is 0 Å². The molecule has 0 spiro atoms. The summed E-state index contributed by atoms with van der Waals surface area (Å²) in [6.45, 7) is 0. The van der Waals surface area contributed by atoms with Crippen molar-refractivity contribution in [3.63, 3.8) is 0 Å². The Balaban J connectivity index is 2.51. The molecule has 0 aliphatic carbocycles. The van der Waals surface area contributed by atoms with Gasteiger partial charge in [-0.05, 0) is 6.07 Å². The summed E-state index contributed by atoms with van der Waals surface area (Å²) < 4.78 is 13.0. The minimum atomic E-state index is -0.207. The first kappa shape index (κ1) is 7.10. The molecule has 2 heteroatoms. The van der Waals surface area contributed by atoms with Crippen LogP contribution in [0.5, 0.6) is 0 Å². The molecule has 60 valence electrons. The predicted octanol–water partition coefficient (Wildman–Crippen LogP) is 2.82. The van der Waals surface area contributed by atoms with Gasteiger partial charge in [-0.1, -0.05) is 30.3 Å². The molecule has 0 aliphatic heterocycles. The van der Waals surface area contributed by atoms with E-state index in [2.05, 4.69) is 4.98 Å². The molecule has 1 nitrogen and oxygen atoms in total. The third-order valence-corrected chi connectivity index (χ3v) is 1.76. The number of hydrogen-bond acceptors (Lipinski definition) is 0. The number of aromatic nitrogens is 1. The van der Waals surface area contributed by atoms with Crippen LogP contribution in [0.3, 0.4) is 0 Å². The van der Waals surface area contributed by atoms with Gasteiger partial charge in [0.15, 0.2) is 0 Å². The number of nitrogens with one attached hydrogen (secondary N) is 1. The minimum Gasteiger partial charge on any atom is -0.359 e. The highest BCUT2D eigenvalue weighted by atomic mass is 19.1. The van der Waals surface area contributed by atoms with Crippen molar-refractivity contribution in [3.05, 3.63) is 48.4 Å². The lowest BCUT2D eigenvalue weighted by Crippen LogP contribution is -1.78. The molecular weight excluding hydrogens is 153 g/mol. The molecular formula is C10H8FN. The third-order valence-electron chi connectivity index (χ3n) is 1.76. The van der Waals surface area contributed by atoms with Crippen molar-refractivity contribution in [3.8, 4) is 11.3 Å². The van der Waals surface area contributed by atoms with Crippen LogP contribution in [0.25, 0.3) is 11.3 Å². The smallest absolute Gasteiger partial charge is 0.148 e. The second-order valence-corrected chi connectivity index (χ2v) is 2.57. The summed E-state index contributed by atoms with van der Waals surface area (Å²) in [7, 11) is 0. The number of rotatable bonds is 1. The summed E-state index contributed by atoms with van der Waals surface area (Å²) in [5.41, 5.74) is 1.43. The van der Waals surface area contributed by atoms with E-state index < -0.39 is 0 Å². The monoisotopic (exact) mass is 161 g/mol. The van der Waals surface area contributed by atoms with E-state index in [1.54, 1.807) is 6.20 Å². The second-order valence-electron chi connectivity index (χ2n) is 2.57. The molecule has 2 rings (SSSR count). The van der Waals surface area contributed by atoms with Crippen molar-refractivity contribution in [1.82, 2.24) is 4.98 Å². The van der Waals surface area contributed by atoms with Crippen molar-refractivity contribution < 1.29 is 4.39 Å². The fourth-order valence-electron chi connectivity index (χ4n) is 1.18. The standard InChI is InChI=1S/C10H8FN/c11-9-6-7-12-10(9)8-4-2-1-3-5-8/h1-7,12H. The van der Waals surface area contributed by atoms with Crippen LogP contribution < -0.4 is 0 Å². The Morgan fingerprint density at radius 3 is 2.33 bits per heavy atom. The maximum Gasteiger partial charge on any atom is 0.148 e. The average molecular weight is 161 g/mol. The fraction of sp³-hybridized carbons (Fsp3) is 0. The van der Waals surface area contributed by atoms with Crippen LogP contribution >= 0.6 is 0 Å².